The summed E-state index contributed by atoms with van der Waals surface area (Å²) in [4.78, 5) is 22.9. The van der Waals surface area contributed by atoms with E-state index in [9.17, 15) is 9.50 Å². The van der Waals surface area contributed by atoms with Crippen LogP contribution < -0.4 is 4.90 Å². The molecule has 1 N–H and O–H groups in total. The standard InChI is InChI=1S/C21H26FN5O.C3H6.CH2O/c1-16(14-25-8-5-18(28)15-25)26-9-11-27(12-10-26)20-4-3-17(13-19(20)22)21-23-6-2-7-24-21;1-3-2;1-2/h2-4,6-7,13,18,28H,1,5,8-12,14-15H2;3H,1H2,2H3;1H2. The lowest BCUT2D eigenvalue weighted by Gasteiger charge is -2.39. The zero-order valence-electron chi connectivity index (χ0n) is 19.4. The number of anilines is 1. The van der Waals surface area contributed by atoms with Crippen LogP contribution in [0.15, 0.2) is 61.6 Å². The van der Waals surface area contributed by atoms with Crippen LogP contribution in [0, 0.1) is 5.82 Å². The Hall–Kier alpha value is -3.10. The minimum Gasteiger partial charge on any atom is -0.392 e. The van der Waals surface area contributed by atoms with Crippen LogP contribution in [0.1, 0.15) is 13.3 Å². The molecule has 2 aliphatic heterocycles. The number of likely N-dealkylation sites (tertiary alicyclic amines) is 1. The quantitative estimate of drug-likeness (QED) is 0.695. The average Bonchev–Trinajstić information content (AvgIpc) is 3.26. The number of aliphatic hydroxyl groups is 1. The lowest BCUT2D eigenvalue weighted by Crippen LogP contribution is -2.47. The van der Waals surface area contributed by atoms with E-state index in [1.807, 2.05) is 25.8 Å². The van der Waals surface area contributed by atoms with Crippen LogP contribution in [0.25, 0.3) is 11.4 Å². The first-order valence-corrected chi connectivity index (χ1v) is 11.0. The molecule has 4 rings (SSSR count). The number of hydrogen-bond acceptors (Lipinski definition) is 7. The number of aromatic nitrogens is 2. The number of aliphatic hydroxyl groups excluding tert-OH is 1. The molecular formula is C25H34FN5O2. The second-order valence-electron chi connectivity index (χ2n) is 7.86. The first kappa shape index (κ1) is 26.2. The van der Waals surface area contributed by atoms with Crippen molar-refractivity contribution in [3.63, 3.8) is 0 Å². The molecule has 1 atom stereocenters. The molecule has 1 aromatic heterocycles. The van der Waals surface area contributed by atoms with Gasteiger partial charge in [0.1, 0.15) is 12.6 Å². The highest BCUT2D eigenvalue weighted by atomic mass is 19.1. The van der Waals surface area contributed by atoms with Crippen LogP contribution in [0.3, 0.4) is 0 Å². The van der Waals surface area contributed by atoms with E-state index in [4.69, 9.17) is 4.79 Å². The molecule has 0 spiro atoms. The van der Waals surface area contributed by atoms with E-state index >= 15 is 0 Å². The van der Waals surface area contributed by atoms with E-state index in [-0.39, 0.29) is 11.9 Å². The van der Waals surface area contributed by atoms with Crippen LogP contribution in [0.4, 0.5) is 10.1 Å². The maximum absolute atomic E-state index is 14.7. The number of carbonyl (C=O) groups is 1. The van der Waals surface area contributed by atoms with E-state index in [0.29, 0.717) is 17.1 Å². The smallest absolute Gasteiger partial charge is 0.159 e. The molecule has 178 valence electrons. The van der Waals surface area contributed by atoms with Crippen molar-refractivity contribution in [3.05, 3.63) is 67.4 Å². The van der Waals surface area contributed by atoms with Crippen molar-refractivity contribution in [2.75, 3.05) is 50.7 Å². The third kappa shape index (κ3) is 7.47. The number of benzene rings is 1. The second kappa shape index (κ2) is 13.4. The number of rotatable bonds is 5. The minimum atomic E-state index is -0.247. The number of piperazine rings is 1. The van der Waals surface area contributed by atoms with Crippen LogP contribution >= 0.6 is 0 Å². The van der Waals surface area contributed by atoms with Gasteiger partial charge in [-0.25, -0.2) is 14.4 Å². The molecule has 3 heterocycles. The fraction of sp³-hybridized carbons (Fsp3) is 0.400. The fourth-order valence-electron chi connectivity index (χ4n) is 3.93. The van der Waals surface area contributed by atoms with Crippen LogP contribution in [-0.4, -0.2) is 83.6 Å². The molecule has 8 heteroatoms. The Balaban J connectivity index is 0.000000714. The molecular weight excluding hydrogens is 421 g/mol. The van der Waals surface area contributed by atoms with Crippen molar-refractivity contribution in [2.24, 2.45) is 0 Å². The summed E-state index contributed by atoms with van der Waals surface area (Å²) in [6.45, 7) is 17.0. The van der Waals surface area contributed by atoms with Crippen molar-refractivity contribution in [1.82, 2.24) is 19.8 Å². The van der Waals surface area contributed by atoms with Gasteiger partial charge in [0.15, 0.2) is 5.82 Å². The first-order chi connectivity index (χ1) is 16.0. The van der Waals surface area contributed by atoms with Crippen molar-refractivity contribution in [3.8, 4) is 11.4 Å². The Morgan fingerprint density at radius 1 is 1.18 bits per heavy atom. The third-order valence-corrected chi connectivity index (χ3v) is 5.49. The summed E-state index contributed by atoms with van der Waals surface area (Å²) >= 11 is 0. The molecule has 2 fully saturated rings. The maximum Gasteiger partial charge on any atom is 0.159 e. The number of nitrogens with zero attached hydrogens (tertiary/aromatic N) is 5. The third-order valence-electron chi connectivity index (χ3n) is 5.49. The van der Waals surface area contributed by atoms with Crippen molar-refractivity contribution in [1.29, 1.82) is 0 Å². The van der Waals surface area contributed by atoms with Crippen molar-refractivity contribution < 1.29 is 14.3 Å². The van der Waals surface area contributed by atoms with E-state index in [1.54, 1.807) is 24.5 Å². The number of allylic oxidation sites excluding steroid dienone is 1. The molecule has 7 nitrogen and oxygen atoms in total. The van der Waals surface area contributed by atoms with Gasteiger partial charge in [-0.2, -0.15) is 0 Å². The molecule has 0 radical (unpaired) electrons. The SMILES string of the molecule is C=C(CN1CCC(O)C1)N1CCN(c2ccc(-c3ncccn3)cc2F)CC1.C=CC.C=O. The highest BCUT2D eigenvalue weighted by Crippen LogP contribution is 2.26. The van der Waals surface area contributed by atoms with E-state index in [1.165, 1.54) is 6.07 Å². The van der Waals surface area contributed by atoms with Gasteiger partial charge in [0, 0.05) is 69.5 Å². The second-order valence-corrected chi connectivity index (χ2v) is 7.86. The first-order valence-electron chi connectivity index (χ1n) is 11.0. The zero-order chi connectivity index (χ0) is 24.2. The van der Waals surface area contributed by atoms with E-state index < -0.39 is 0 Å². The molecule has 0 bridgehead atoms. The summed E-state index contributed by atoms with van der Waals surface area (Å²) in [7, 11) is 0. The summed E-state index contributed by atoms with van der Waals surface area (Å²) in [5.74, 6) is 0.282. The van der Waals surface area contributed by atoms with E-state index in [2.05, 4.69) is 37.8 Å². The lowest BCUT2D eigenvalue weighted by molar-refractivity contribution is -0.0980. The van der Waals surface area contributed by atoms with Crippen molar-refractivity contribution in [2.45, 2.75) is 19.4 Å². The Labute approximate surface area is 195 Å². The Morgan fingerprint density at radius 2 is 1.82 bits per heavy atom. The highest BCUT2D eigenvalue weighted by molar-refractivity contribution is 5.61. The van der Waals surface area contributed by atoms with Crippen LogP contribution in [0.5, 0.6) is 0 Å². The summed E-state index contributed by atoms with van der Waals surface area (Å²) in [6.07, 6.45) is 5.69. The Morgan fingerprint density at radius 3 is 2.36 bits per heavy atom. The van der Waals surface area contributed by atoms with Gasteiger partial charge < -0.3 is 19.7 Å². The Bertz CT molecular complexity index is 888. The predicted octanol–water partition coefficient (Wildman–Crippen LogP) is 2.99. The monoisotopic (exact) mass is 455 g/mol. The van der Waals surface area contributed by atoms with Gasteiger partial charge in [-0.15, -0.1) is 6.58 Å². The largest absolute Gasteiger partial charge is 0.392 e. The molecule has 2 aliphatic rings. The molecule has 0 amide bonds. The molecule has 1 unspecified atom stereocenters. The number of β-amino-alcohol motifs (C(OH)–C–C–N with tert-alkyl or cyclic N) is 1. The molecule has 33 heavy (non-hydrogen) atoms. The van der Waals surface area contributed by atoms with Gasteiger partial charge >= 0.3 is 0 Å². The topological polar surface area (TPSA) is 72.8 Å². The average molecular weight is 456 g/mol. The summed E-state index contributed by atoms with van der Waals surface area (Å²) in [5.41, 5.74) is 2.38. The summed E-state index contributed by atoms with van der Waals surface area (Å²) in [6, 6.07) is 6.94. The van der Waals surface area contributed by atoms with Crippen LogP contribution in [-0.2, 0) is 4.79 Å². The lowest BCUT2D eigenvalue weighted by atomic mass is 10.1. The van der Waals surface area contributed by atoms with Gasteiger partial charge in [-0.1, -0.05) is 12.7 Å². The molecule has 2 aromatic rings. The van der Waals surface area contributed by atoms with Crippen LogP contribution in [0.2, 0.25) is 0 Å². The normalized spacial score (nSPS) is 18.0. The molecule has 0 saturated carbocycles. The van der Waals surface area contributed by atoms with Gasteiger partial charge in [0.05, 0.1) is 11.8 Å². The van der Waals surface area contributed by atoms with Gasteiger partial charge in [0.25, 0.3) is 0 Å². The number of hydrogen-bond donors (Lipinski definition) is 1. The molecule has 0 aliphatic carbocycles. The summed E-state index contributed by atoms with van der Waals surface area (Å²) in [5, 5.41) is 9.67. The molecule has 2 saturated heterocycles. The maximum atomic E-state index is 14.7. The predicted molar refractivity (Wildman–Crippen MR) is 130 cm³/mol. The summed E-state index contributed by atoms with van der Waals surface area (Å²) < 4.78 is 14.7. The van der Waals surface area contributed by atoms with E-state index in [0.717, 1.165) is 57.9 Å². The molecule has 1 aromatic carbocycles. The van der Waals surface area contributed by atoms with Gasteiger partial charge in [-0.05, 0) is 37.6 Å². The highest BCUT2D eigenvalue weighted by Gasteiger charge is 2.24. The minimum absolute atomic E-state index is 0.211. The Kier molecular flexibility index (Phi) is 10.7. The number of carbonyl (C=O) groups excluding carboxylic acids is 1. The van der Waals surface area contributed by atoms with Gasteiger partial charge in [0.2, 0.25) is 0 Å². The fourth-order valence-corrected chi connectivity index (χ4v) is 3.93. The van der Waals surface area contributed by atoms with Gasteiger partial charge in [-0.3, -0.25) is 4.90 Å². The zero-order valence-corrected chi connectivity index (χ0v) is 19.4. The number of halogens is 1. The van der Waals surface area contributed by atoms with Crippen molar-refractivity contribution >= 4 is 12.5 Å².